The molecule has 0 aliphatic rings. The van der Waals surface area contributed by atoms with Crippen LogP contribution in [0.5, 0.6) is 0 Å². The number of carbonyl (C=O) groups excluding carboxylic acids is 1. The van der Waals surface area contributed by atoms with Crippen LogP contribution in [-0.2, 0) is 0 Å². The van der Waals surface area contributed by atoms with Crippen LogP contribution in [0, 0.1) is 0 Å². The van der Waals surface area contributed by atoms with Crippen LogP contribution in [0.25, 0.3) is 0 Å². The van der Waals surface area contributed by atoms with E-state index in [0.29, 0.717) is 0 Å². The van der Waals surface area contributed by atoms with Crippen molar-refractivity contribution < 1.29 is 4.79 Å². The van der Waals surface area contributed by atoms with Gasteiger partial charge < -0.3 is 5.73 Å². The Kier molecular flexibility index (Phi) is 2.42. The zero-order valence-electron chi connectivity index (χ0n) is 7.19. The van der Waals surface area contributed by atoms with E-state index in [1.54, 1.807) is 4.68 Å². The molecule has 12 heavy (non-hydrogen) atoms. The Hall–Kier alpha value is -1.39. The van der Waals surface area contributed by atoms with E-state index < -0.39 is 5.91 Å². The fraction of sp³-hybridized carbons (Fsp3) is 0.571. The van der Waals surface area contributed by atoms with Gasteiger partial charge in [0.25, 0.3) is 5.91 Å². The molecule has 0 saturated heterocycles. The smallest absolute Gasteiger partial charge is 0.288 e. The van der Waals surface area contributed by atoms with Crippen LogP contribution < -0.4 is 5.73 Å². The van der Waals surface area contributed by atoms with Crippen molar-refractivity contribution >= 4 is 5.91 Å². The van der Waals surface area contributed by atoms with Crippen LogP contribution in [-0.4, -0.2) is 20.7 Å². The van der Waals surface area contributed by atoms with Gasteiger partial charge in [0.15, 0.2) is 0 Å². The number of nitrogens with zero attached hydrogens (tertiary/aromatic N) is 3. The molecule has 1 heterocycles. The summed E-state index contributed by atoms with van der Waals surface area (Å²) in [4.78, 5) is 14.4. The molecule has 2 N–H and O–H groups in total. The van der Waals surface area contributed by atoms with Crippen LogP contribution in [0.3, 0.4) is 0 Å². The average Bonchev–Trinajstić information content (AvgIpc) is 2.51. The predicted molar refractivity (Wildman–Crippen MR) is 43.5 cm³/mol. The van der Waals surface area contributed by atoms with Gasteiger partial charge in [0.1, 0.15) is 6.33 Å². The van der Waals surface area contributed by atoms with E-state index in [-0.39, 0.29) is 11.9 Å². The third kappa shape index (κ3) is 1.61. The molecule has 0 saturated carbocycles. The second kappa shape index (κ2) is 3.34. The van der Waals surface area contributed by atoms with Gasteiger partial charge in [-0.15, -0.1) is 5.10 Å². The molecular formula is C7H12N4O. The molecule has 0 spiro atoms. The zero-order chi connectivity index (χ0) is 9.14. The first-order valence-electron chi connectivity index (χ1n) is 3.86. The summed E-state index contributed by atoms with van der Waals surface area (Å²) < 4.78 is 1.64. The number of rotatable bonds is 3. The maximum atomic E-state index is 10.6. The monoisotopic (exact) mass is 168 g/mol. The minimum Gasteiger partial charge on any atom is -0.363 e. The van der Waals surface area contributed by atoms with E-state index in [4.69, 9.17) is 5.73 Å². The van der Waals surface area contributed by atoms with E-state index in [9.17, 15) is 4.79 Å². The van der Waals surface area contributed by atoms with Crippen LogP contribution >= 0.6 is 0 Å². The minimum absolute atomic E-state index is 0.0790. The average molecular weight is 168 g/mol. The Bertz CT molecular complexity index is 281. The van der Waals surface area contributed by atoms with Crippen molar-refractivity contribution in [2.75, 3.05) is 0 Å². The zero-order valence-corrected chi connectivity index (χ0v) is 7.19. The van der Waals surface area contributed by atoms with Crippen molar-refractivity contribution in [3.63, 3.8) is 0 Å². The van der Waals surface area contributed by atoms with Gasteiger partial charge in [0.05, 0.1) is 6.04 Å². The molecule has 0 aliphatic heterocycles. The summed E-state index contributed by atoms with van der Waals surface area (Å²) in [5.74, 6) is -0.507. The lowest BCUT2D eigenvalue weighted by molar-refractivity contribution is 0.0990. The Morgan fingerprint density at radius 3 is 2.92 bits per heavy atom. The summed E-state index contributed by atoms with van der Waals surface area (Å²) in [7, 11) is 0. The van der Waals surface area contributed by atoms with Gasteiger partial charge in [0, 0.05) is 0 Å². The van der Waals surface area contributed by atoms with E-state index in [1.807, 2.05) is 13.8 Å². The number of carbonyl (C=O) groups is 1. The summed E-state index contributed by atoms with van der Waals surface area (Å²) in [6, 6.07) is 0.255. The first-order valence-corrected chi connectivity index (χ1v) is 3.86. The van der Waals surface area contributed by atoms with Gasteiger partial charge in [-0.2, -0.15) is 0 Å². The molecule has 1 aromatic rings. The second-order valence-electron chi connectivity index (χ2n) is 2.67. The van der Waals surface area contributed by atoms with Gasteiger partial charge in [-0.05, 0) is 13.3 Å². The molecule has 1 rings (SSSR count). The Morgan fingerprint density at radius 2 is 2.50 bits per heavy atom. The molecule has 0 aromatic carbocycles. The van der Waals surface area contributed by atoms with Gasteiger partial charge in [-0.25, -0.2) is 9.67 Å². The van der Waals surface area contributed by atoms with Crippen LogP contribution in [0.1, 0.15) is 36.9 Å². The van der Waals surface area contributed by atoms with E-state index >= 15 is 0 Å². The quantitative estimate of drug-likeness (QED) is 0.707. The van der Waals surface area contributed by atoms with Crippen molar-refractivity contribution in [3.8, 4) is 0 Å². The van der Waals surface area contributed by atoms with E-state index in [2.05, 4.69) is 10.1 Å². The number of nitrogens with two attached hydrogens (primary N) is 1. The molecule has 66 valence electrons. The highest BCUT2D eigenvalue weighted by Gasteiger charge is 2.08. The molecule has 0 fully saturated rings. The van der Waals surface area contributed by atoms with Gasteiger partial charge in [-0.3, -0.25) is 4.79 Å². The largest absolute Gasteiger partial charge is 0.363 e. The van der Waals surface area contributed by atoms with Gasteiger partial charge in [0.2, 0.25) is 5.82 Å². The third-order valence-corrected chi connectivity index (χ3v) is 1.77. The molecule has 5 nitrogen and oxygen atoms in total. The molecule has 1 aromatic heterocycles. The first-order chi connectivity index (χ1) is 5.65. The molecule has 1 amide bonds. The van der Waals surface area contributed by atoms with Gasteiger partial charge in [-0.1, -0.05) is 6.92 Å². The third-order valence-electron chi connectivity index (χ3n) is 1.77. The summed E-state index contributed by atoms with van der Waals surface area (Å²) in [6.07, 6.45) is 2.47. The lowest BCUT2D eigenvalue weighted by Gasteiger charge is -2.06. The van der Waals surface area contributed by atoms with Crippen molar-refractivity contribution in [2.45, 2.75) is 26.3 Å². The molecular weight excluding hydrogens is 156 g/mol. The topological polar surface area (TPSA) is 73.8 Å². The van der Waals surface area contributed by atoms with Crippen molar-refractivity contribution in [1.82, 2.24) is 14.8 Å². The number of primary amides is 1. The highest BCUT2D eigenvalue weighted by atomic mass is 16.1. The molecule has 1 atom stereocenters. The maximum absolute atomic E-state index is 10.6. The van der Waals surface area contributed by atoms with Gasteiger partial charge >= 0.3 is 0 Å². The standard InChI is InChI=1S/C7H12N4O/c1-3-5(2)11-4-9-7(10-11)6(8)12/h4-5H,3H2,1-2H3,(H2,8,12). The predicted octanol–water partition coefficient (Wildman–Crippen LogP) is 0.348. The van der Waals surface area contributed by atoms with Crippen LogP contribution in [0.15, 0.2) is 6.33 Å². The van der Waals surface area contributed by atoms with Crippen LogP contribution in [0.2, 0.25) is 0 Å². The maximum Gasteiger partial charge on any atom is 0.288 e. The summed E-state index contributed by atoms with van der Waals surface area (Å²) >= 11 is 0. The SMILES string of the molecule is CCC(C)n1cnc(C(N)=O)n1. The molecule has 0 aliphatic carbocycles. The summed E-state index contributed by atoms with van der Waals surface area (Å²) in [5, 5.41) is 3.91. The van der Waals surface area contributed by atoms with Crippen molar-refractivity contribution in [3.05, 3.63) is 12.2 Å². The Morgan fingerprint density at radius 1 is 1.83 bits per heavy atom. The van der Waals surface area contributed by atoms with E-state index in [0.717, 1.165) is 6.42 Å². The first kappa shape index (κ1) is 8.70. The van der Waals surface area contributed by atoms with Crippen LogP contribution in [0.4, 0.5) is 0 Å². The van der Waals surface area contributed by atoms with Crippen molar-refractivity contribution in [2.24, 2.45) is 5.73 Å². The molecule has 1 unspecified atom stereocenters. The Labute approximate surface area is 70.6 Å². The highest BCUT2D eigenvalue weighted by Crippen LogP contribution is 2.06. The fourth-order valence-corrected chi connectivity index (χ4v) is 0.787. The Balaban J connectivity index is 2.84. The highest BCUT2D eigenvalue weighted by molar-refractivity contribution is 5.88. The van der Waals surface area contributed by atoms with E-state index in [1.165, 1.54) is 6.33 Å². The number of amides is 1. The molecule has 0 bridgehead atoms. The normalized spacial score (nSPS) is 12.8. The fourth-order valence-electron chi connectivity index (χ4n) is 0.787. The van der Waals surface area contributed by atoms with Crippen molar-refractivity contribution in [1.29, 1.82) is 0 Å². The number of hydrogen-bond donors (Lipinski definition) is 1. The summed E-state index contributed by atoms with van der Waals surface area (Å²) in [6.45, 7) is 4.04. The second-order valence-corrected chi connectivity index (χ2v) is 2.67. The molecule has 5 heteroatoms. The number of aromatic nitrogens is 3. The lowest BCUT2D eigenvalue weighted by atomic mass is 10.3. The molecule has 0 radical (unpaired) electrons. The number of hydrogen-bond acceptors (Lipinski definition) is 3. The lowest BCUT2D eigenvalue weighted by Crippen LogP contribution is -2.14. The minimum atomic E-state index is -0.586. The summed E-state index contributed by atoms with van der Waals surface area (Å²) in [5.41, 5.74) is 4.99.